The lowest BCUT2D eigenvalue weighted by Gasteiger charge is -2.30. The van der Waals surface area contributed by atoms with Crippen LogP contribution < -0.4 is 5.32 Å². The third kappa shape index (κ3) is 4.51. The van der Waals surface area contributed by atoms with Crippen molar-refractivity contribution >= 4 is 17.4 Å². The summed E-state index contributed by atoms with van der Waals surface area (Å²) in [7, 11) is 1.68. The molecular formula is C23H31N7O2. The van der Waals surface area contributed by atoms with E-state index in [0.29, 0.717) is 30.3 Å². The normalized spacial score (nSPS) is 16.8. The molecule has 1 saturated heterocycles. The minimum absolute atomic E-state index is 0.133. The fraction of sp³-hybridized carbons (Fsp3) is 0.522. The molecule has 1 N–H and O–H groups in total. The first-order chi connectivity index (χ1) is 15.4. The van der Waals surface area contributed by atoms with Gasteiger partial charge in [-0.3, -0.25) is 14.3 Å². The molecule has 1 saturated carbocycles. The number of nitrogens with zero attached hydrogens (tertiary/aromatic N) is 6. The van der Waals surface area contributed by atoms with Crippen LogP contribution in [0.5, 0.6) is 0 Å². The minimum atomic E-state index is -0.300. The van der Waals surface area contributed by atoms with E-state index in [0.717, 1.165) is 49.6 Å². The molecule has 170 valence electrons. The Morgan fingerprint density at radius 3 is 2.62 bits per heavy atom. The van der Waals surface area contributed by atoms with Crippen LogP contribution in [-0.4, -0.2) is 60.9 Å². The van der Waals surface area contributed by atoms with Gasteiger partial charge in [-0.2, -0.15) is 10.2 Å². The Kier molecular flexibility index (Phi) is 6.25. The summed E-state index contributed by atoms with van der Waals surface area (Å²) >= 11 is 0. The largest absolute Gasteiger partial charge is 0.350 e. The summed E-state index contributed by atoms with van der Waals surface area (Å²) in [5, 5.41) is 11.8. The molecule has 4 rings (SSSR count). The maximum absolute atomic E-state index is 12.9. The molecule has 9 heteroatoms. The number of nitrogens with one attached hydrogen (secondary N) is 1. The van der Waals surface area contributed by atoms with E-state index in [1.807, 2.05) is 18.5 Å². The van der Waals surface area contributed by atoms with Crippen LogP contribution in [0.2, 0.25) is 0 Å². The Labute approximate surface area is 188 Å². The van der Waals surface area contributed by atoms with Crippen LogP contribution in [0, 0.1) is 0 Å². The fourth-order valence-electron chi connectivity index (χ4n) is 3.72. The van der Waals surface area contributed by atoms with Gasteiger partial charge in [-0.1, -0.05) is 17.7 Å². The number of aromatic nitrogens is 5. The second kappa shape index (κ2) is 9.10. The zero-order valence-electron chi connectivity index (χ0n) is 19.3. The Balaban J connectivity index is 1.44. The molecule has 0 radical (unpaired) electrons. The lowest BCUT2D eigenvalue weighted by molar-refractivity contribution is 0.0647. The predicted octanol–water partition coefficient (Wildman–Crippen LogP) is 2.53. The van der Waals surface area contributed by atoms with Gasteiger partial charge in [0.2, 0.25) is 0 Å². The third-order valence-corrected chi connectivity index (χ3v) is 6.01. The van der Waals surface area contributed by atoms with Crippen molar-refractivity contribution in [3.8, 4) is 0 Å². The number of aryl methyl sites for hydroxylation is 1. The van der Waals surface area contributed by atoms with Gasteiger partial charge in [0.25, 0.3) is 11.8 Å². The number of likely N-dealkylation sites (tertiary alicyclic amines) is 1. The molecule has 2 fully saturated rings. The van der Waals surface area contributed by atoms with Crippen molar-refractivity contribution in [1.29, 1.82) is 0 Å². The number of carbonyl (C=O) groups excluding carboxylic acids is 2. The molecule has 3 heterocycles. The highest BCUT2D eigenvalue weighted by molar-refractivity contribution is 6.06. The molecule has 0 atom stereocenters. The van der Waals surface area contributed by atoms with Gasteiger partial charge in [0.1, 0.15) is 11.5 Å². The first-order valence-electron chi connectivity index (χ1n) is 11.3. The van der Waals surface area contributed by atoms with E-state index in [-0.39, 0.29) is 11.8 Å². The molecule has 1 aliphatic carbocycles. The van der Waals surface area contributed by atoms with E-state index < -0.39 is 0 Å². The van der Waals surface area contributed by atoms with Crippen LogP contribution >= 0.6 is 0 Å². The van der Waals surface area contributed by atoms with E-state index in [4.69, 9.17) is 10.1 Å². The molecule has 2 amide bonds. The highest BCUT2D eigenvalue weighted by Gasteiger charge is 2.30. The van der Waals surface area contributed by atoms with Crippen LogP contribution in [0.1, 0.15) is 78.6 Å². The Morgan fingerprint density at radius 2 is 2.00 bits per heavy atom. The zero-order valence-corrected chi connectivity index (χ0v) is 19.3. The molecule has 9 nitrogen and oxygen atoms in total. The molecule has 32 heavy (non-hydrogen) atoms. The Morgan fingerprint density at radius 1 is 1.25 bits per heavy atom. The standard InChI is InChI=1S/C23H31N7O2/c1-5-15(2)13-16(3)21-26-19(30(27-21)17-7-8-17)9-10-24-22(31)20-18(14-25-28(20)4)23(32)29-11-6-12-29/h5,13-14,17H,6-12H2,1-4H3,(H,24,31)/b15-5+,16-13+. The highest BCUT2D eigenvalue weighted by atomic mass is 16.2. The lowest BCUT2D eigenvalue weighted by Crippen LogP contribution is -2.43. The topological polar surface area (TPSA) is 97.9 Å². The number of allylic oxidation sites excluding steroid dienone is 4. The maximum atomic E-state index is 12.9. The summed E-state index contributed by atoms with van der Waals surface area (Å²) in [5.41, 5.74) is 2.84. The van der Waals surface area contributed by atoms with Crippen LogP contribution in [0.15, 0.2) is 23.9 Å². The van der Waals surface area contributed by atoms with Crippen LogP contribution in [-0.2, 0) is 13.5 Å². The summed E-state index contributed by atoms with van der Waals surface area (Å²) < 4.78 is 3.47. The molecule has 2 aromatic heterocycles. The van der Waals surface area contributed by atoms with Gasteiger partial charge in [0.15, 0.2) is 5.82 Å². The van der Waals surface area contributed by atoms with Crippen molar-refractivity contribution in [1.82, 2.24) is 34.8 Å². The number of rotatable bonds is 8. The van der Waals surface area contributed by atoms with E-state index >= 15 is 0 Å². The number of carbonyl (C=O) groups is 2. The van der Waals surface area contributed by atoms with Crippen molar-refractivity contribution in [3.63, 3.8) is 0 Å². The predicted molar refractivity (Wildman–Crippen MR) is 121 cm³/mol. The summed E-state index contributed by atoms with van der Waals surface area (Å²) in [6.45, 7) is 7.95. The van der Waals surface area contributed by atoms with E-state index in [1.165, 1.54) is 16.5 Å². The van der Waals surface area contributed by atoms with Gasteiger partial charge in [0, 0.05) is 33.1 Å². The molecule has 2 aliphatic rings. The van der Waals surface area contributed by atoms with Crippen molar-refractivity contribution in [2.45, 2.75) is 52.5 Å². The average Bonchev–Trinajstić information content (AvgIpc) is 3.36. The van der Waals surface area contributed by atoms with Gasteiger partial charge in [-0.25, -0.2) is 9.67 Å². The average molecular weight is 438 g/mol. The van der Waals surface area contributed by atoms with E-state index in [9.17, 15) is 9.59 Å². The van der Waals surface area contributed by atoms with Crippen LogP contribution in [0.4, 0.5) is 0 Å². The number of amides is 2. The number of hydrogen-bond donors (Lipinski definition) is 1. The summed E-state index contributed by atoms with van der Waals surface area (Å²) in [5.74, 6) is 1.17. The van der Waals surface area contributed by atoms with Gasteiger partial charge in [-0.05, 0) is 45.6 Å². The van der Waals surface area contributed by atoms with Crippen LogP contribution in [0.25, 0.3) is 5.57 Å². The summed E-state index contributed by atoms with van der Waals surface area (Å²) in [4.78, 5) is 32.0. The highest BCUT2D eigenvalue weighted by Crippen LogP contribution is 2.35. The monoisotopic (exact) mass is 437 g/mol. The second-order valence-electron chi connectivity index (χ2n) is 8.57. The van der Waals surface area contributed by atoms with Crippen molar-refractivity contribution < 1.29 is 9.59 Å². The molecule has 1 aliphatic heterocycles. The fourth-order valence-corrected chi connectivity index (χ4v) is 3.72. The lowest BCUT2D eigenvalue weighted by atomic mass is 10.1. The first kappa shape index (κ1) is 22.0. The summed E-state index contributed by atoms with van der Waals surface area (Å²) in [6.07, 6.45) is 9.39. The zero-order chi connectivity index (χ0) is 22.8. The van der Waals surface area contributed by atoms with Crippen molar-refractivity contribution in [2.75, 3.05) is 19.6 Å². The number of hydrogen-bond acceptors (Lipinski definition) is 5. The minimum Gasteiger partial charge on any atom is -0.350 e. The van der Waals surface area contributed by atoms with E-state index in [2.05, 4.69) is 29.5 Å². The molecule has 0 aromatic carbocycles. The molecule has 0 spiro atoms. The SMILES string of the molecule is C/C=C(C)/C=C(\C)c1nc(CCNC(=O)c2c(C(=O)N3CCC3)cnn2C)n(C2CC2)n1. The summed E-state index contributed by atoms with van der Waals surface area (Å²) in [6, 6.07) is 0.399. The third-order valence-electron chi connectivity index (χ3n) is 6.01. The quantitative estimate of drug-likeness (QED) is 0.640. The van der Waals surface area contributed by atoms with Crippen molar-refractivity contribution in [3.05, 3.63) is 46.8 Å². The van der Waals surface area contributed by atoms with Gasteiger partial charge >= 0.3 is 0 Å². The molecule has 0 bridgehead atoms. The smallest absolute Gasteiger partial charge is 0.270 e. The Hall–Kier alpha value is -3.23. The first-order valence-corrected chi connectivity index (χ1v) is 11.3. The molecule has 0 unspecified atom stereocenters. The van der Waals surface area contributed by atoms with Gasteiger partial charge in [0.05, 0.1) is 17.8 Å². The van der Waals surface area contributed by atoms with Crippen LogP contribution in [0.3, 0.4) is 0 Å². The van der Waals surface area contributed by atoms with Gasteiger partial charge < -0.3 is 10.2 Å². The molecule has 2 aromatic rings. The second-order valence-corrected chi connectivity index (χ2v) is 8.57. The van der Waals surface area contributed by atoms with E-state index in [1.54, 1.807) is 11.9 Å². The molecular weight excluding hydrogens is 406 g/mol. The maximum Gasteiger partial charge on any atom is 0.270 e. The van der Waals surface area contributed by atoms with Crippen molar-refractivity contribution in [2.24, 2.45) is 7.05 Å². The van der Waals surface area contributed by atoms with Gasteiger partial charge in [-0.15, -0.1) is 0 Å². The Bertz CT molecular complexity index is 1080.